The predicted molar refractivity (Wildman–Crippen MR) is 66.0 cm³/mol. The van der Waals surface area contributed by atoms with Crippen LogP contribution in [0.25, 0.3) is 0 Å². The first-order valence-corrected chi connectivity index (χ1v) is 6.30. The van der Waals surface area contributed by atoms with Gasteiger partial charge >= 0.3 is 6.18 Å². The maximum absolute atomic E-state index is 12.6. The molecule has 0 atom stereocenters. The van der Waals surface area contributed by atoms with Gasteiger partial charge in [-0.25, -0.2) is 4.98 Å². The SMILES string of the molecule is CCOC1CC(Nc2nc(C(F)(F)F)ccc2C#N)C1. The van der Waals surface area contributed by atoms with E-state index in [-0.39, 0.29) is 23.5 Å². The molecule has 2 rings (SSSR count). The molecule has 0 unspecified atom stereocenters. The van der Waals surface area contributed by atoms with Gasteiger partial charge in [0.05, 0.1) is 11.7 Å². The standard InChI is InChI=1S/C13H14F3N3O/c1-2-20-10-5-9(6-10)18-12-8(7-17)3-4-11(19-12)13(14,15)16/h3-4,9-10H,2,5-6H2,1H3,(H,18,19). The number of ether oxygens (including phenoxy) is 1. The van der Waals surface area contributed by atoms with E-state index in [0.29, 0.717) is 19.4 Å². The molecule has 1 N–H and O–H groups in total. The highest BCUT2D eigenvalue weighted by atomic mass is 19.4. The van der Waals surface area contributed by atoms with Crippen LogP contribution in [0, 0.1) is 11.3 Å². The molecule has 0 aromatic carbocycles. The summed E-state index contributed by atoms with van der Waals surface area (Å²) in [5, 5.41) is 11.8. The summed E-state index contributed by atoms with van der Waals surface area (Å²) in [5.41, 5.74) is -0.891. The normalized spacial score (nSPS) is 21.9. The minimum Gasteiger partial charge on any atom is -0.378 e. The van der Waals surface area contributed by atoms with Gasteiger partial charge in [0.1, 0.15) is 17.6 Å². The highest BCUT2D eigenvalue weighted by molar-refractivity contribution is 5.53. The minimum atomic E-state index is -4.52. The molecule has 1 aliphatic carbocycles. The second-order valence-electron chi connectivity index (χ2n) is 4.59. The van der Waals surface area contributed by atoms with Crippen molar-refractivity contribution in [1.82, 2.24) is 4.98 Å². The third kappa shape index (κ3) is 3.20. The minimum absolute atomic E-state index is 0.00497. The number of rotatable bonds is 4. The Labute approximate surface area is 114 Å². The van der Waals surface area contributed by atoms with E-state index in [0.717, 1.165) is 12.1 Å². The topological polar surface area (TPSA) is 57.9 Å². The zero-order valence-corrected chi connectivity index (χ0v) is 10.9. The lowest BCUT2D eigenvalue weighted by molar-refractivity contribution is -0.141. The molecule has 0 saturated heterocycles. The number of anilines is 1. The first kappa shape index (κ1) is 14.6. The van der Waals surface area contributed by atoms with Crippen LogP contribution in [0.3, 0.4) is 0 Å². The average molecular weight is 285 g/mol. The van der Waals surface area contributed by atoms with Crippen molar-refractivity contribution in [1.29, 1.82) is 5.26 Å². The summed E-state index contributed by atoms with van der Waals surface area (Å²) < 4.78 is 43.2. The van der Waals surface area contributed by atoms with Crippen molar-refractivity contribution < 1.29 is 17.9 Å². The third-order valence-electron chi connectivity index (χ3n) is 3.14. The molecule has 108 valence electrons. The largest absolute Gasteiger partial charge is 0.433 e. The summed E-state index contributed by atoms with van der Waals surface area (Å²) in [4.78, 5) is 3.51. The number of halogens is 3. The molecule has 1 aromatic heterocycles. The lowest BCUT2D eigenvalue weighted by atomic mass is 9.89. The van der Waals surface area contributed by atoms with E-state index in [9.17, 15) is 13.2 Å². The van der Waals surface area contributed by atoms with Crippen molar-refractivity contribution in [2.24, 2.45) is 0 Å². The second-order valence-corrected chi connectivity index (χ2v) is 4.59. The van der Waals surface area contributed by atoms with Crippen LogP contribution in [0.5, 0.6) is 0 Å². The summed E-state index contributed by atoms with van der Waals surface area (Å²) in [6, 6.07) is 3.78. The fourth-order valence-corrected chi connectivity index (χ4v) is 2.07. The van der Waals surface area contributed by atoms with E-state index in [1.165, 1.54) is 0 Å². The lowest BCUT2D eigenvalue weighted by Crippen LogP contribution is -2.41. The highest BCUT2D eigenvalue weighted by Gasteiger charge is 2.34. The molecule has 1 saturated carbocycles. The monoisotopic (exact) mass is 285 g/mol. The van der Waals surface area contributed by atoms with Gasteiger partial charge in [-0.3, -0.25) is 0 Å². The number of alkyl halides is 3. The van der Waals surface area contributed by atoms with Crippen LogP contribution < -0.4 is 5.32 Å². The van der Waals surface area contributed by atoms with Crippen LogP contribution in [0.15, 0.2) is 12.1 Å². The van der Waals surface area contributed by atoms with Gasteiger partial charge in [0.25, 0.3) is 0 Å². The fraction of sp³-hybridized carbons (Fsp3) is 0.538. The van der Waals surface area contributed by atoms with Crippen molar-refractivity contribution >= 4 is 5.82 Å². The Morgan fingerprint density at radius 1 is 1.45 bits per heavy atom. The molecule has 1 fully saturated rings. The van der Waals surface area contributed by atoms with E-state index in [4.69, 9.17) is 10.00 Å². The maximum Gasteiger partial charge on any atom is 0.433 e. The Balaban J connectivity index is 2.09. The van der Waals surface area contributed by atoms with Gasteiger partial charge in [-0.2, -0.15) is 18.4 Å². The first-order chi connectivity index (χ1) is 9.44. The van der Waals surface area contributed by atoms with Crippen LogP contribution >= 0.6 is 0 Å². The Morgan fingerprint density at radius 3 is 2.70 bits per heavy atom. The summed E-state index contributed by atoms with van der Waals surface area (Å²) in [6.07, 6.45) is -2.97. The van der Waals surface area contributed by atoms with E-state index < -0.39 is 11.9 Å². The van der Waals surface area contributed by atoms with Crippen LogP contribution in [0.4, 0.5) is 19.0 Å². The van der Waals surface area contributed by atoms with E-state index >= 15 is 0 Å². The lowest BCUT2D eigenvalue weighted by Gasteiger charge is -2.35. The van der Waals surface area contributed by atoms with Gasteiger partial charge in [0.2, 0.25) is 0 Å². The number of pyridine rings is 1. The molecule has 0 bridgehead atoms. The smallest absolute Gasteiger partial charge is 0.378 e. The van der Waals surface area contributed by atoms with Crippen LogP contribution in [-0.2, 0) is 10.9 Å². The van der Waals surface area contributed by atoms with E-state index in [1.807, 2.05) is 13.0 Å². The van der Waals surface area contributed by atoms with Crippen LogP contribution in [-0.4, -0.2) is 23.7 Å². The molecule has 4 nitrogen and oxygen atoms in total. The van der Waals surface area contributed by atoms with E-state index in [2.05, 4.69) is 10.3 Å². The first-order valence-electron chi connectivity index (χ1n) is 6.30. The molecular formula is C13H14F3N3O. The maximum atomic E-state index is 12.6. The molecular weight excluding hydrogens is 271 g/mol. The zero-order chi connectivity index (χ0) is 14.8. The number of hydrogen-bond donors (Lipinski definition) is 1. The number of nitrogens with zero attached hydrogens (tertiary/aromatic N) is 2. The molecule has 0 amide bonds. The summed E-state index contributed by atoms with van der Waals surface area (Å²) in [5.74, 6) is -0.0118. The van der Waals surface area contributed by atoms with E-state index in [1.54, 1.807) is 0 Å². The molecule has 0 spiro atoms. The van der Waals surface area contributed by atoms with Crippen molar-refractivity contribution in [2.45, 2.75) is 38.1 Å². The molecule has 1 aliphatic rings. The Hall–Kier alpha value is -1.81. The van der Waals surface area contributed by atoms with Crippen molar-refractivity contribution in [3.63, 3.8) is 0 Å². The second kappa shape index (κ2) is 5.67. The number of nitriles is 1. The molecule has 7 heteroatoms. The molecule has 20 heavy (non-hydrogen) atoms. The van der Waals surface area contributed by atoms with Gasteiger partial charge in [0.15, 0.2) is 0 Å². The van der Waals surface area contributed by atoms with Gasteiger partial charge in [-0.05, 0) is 31.9 Å². The number of aromatic nitrogens is 1. The van der Waals surface area contributed by atoms with Crippen molar-refractivity contribution in [3.8, 4) is 6.07 Å². The molecule has 1 aromatic rings. The Bertz CT molecular complexity index is 519. The quantitative estimate of drug-likeness (QED) is 0.924. The molecule has 1 heterocycles. The Kier molecular flexibility index (Phi) is 4.14. The zero-order valence-electron chi connectivity index (χ0n) is 10.9. The van der Waals surface area contributed by atoms with Crippen molar-refractivity contribution in [2.75, 3.05) is 11.9 Å². The fourth-order valence-electron chi connectivity index (χ4n) is 2.07. The third-order valence-corrected chi connectivity index (χ3v) is 3.14. The number of nitrogens with one attached hydrogen (secondary N) is 1. The van der Waals surface area contributed by atoms with Crippen molar-refractivity contribution in [3.05, 3.63) is 23.4 Å². The van der Waals surface area contributed by atoms with Gasteiger partial charge in [-0.1, -0.05) is 0 Å². The average Bonchev–Trinajstić information content (AvgIpc) is 2.35. The van der Waals surface area contributed by atoms with Gasteiger partial charge in [0, 0.05) is 12.6 Å². The van der Waals surface area contributed by atoms with Gasteiger partial charge in [-0.15, -0.1) is 0 Å². The summed E-state index contributed by atoms with van der Waals surface area (Å²) >= 11 is 0. The van der Waals surface area contributed by atoms with Gasteiger partial charge < -0.3 is 10.1 Å². The highest BCUT2D eigenvalue weighted by Crippen LogP contribution is 2.31. The van der Waals surface area contributed by atoms with Crippen LogP contribution in [0.1, 0.15) is 31.0 Å². The Morgan fingerprint density at radius 2 is 2.15 bits per heavy atom. The predicted octanol–water partition coefficient (Wildman–Crippen LogP) is 2.95. The number of hydrogen-bond acceptors (Lipinski definition) is 4. The van der Waals surface area contributed by atoms with Crippen LogP contribution in [0.2, 0.25) is 0 Å². The molecule has 0 aliphatic heterocycles. The molecule has 0 radical (unpaired) electrons. The summed E-state index contributed by atoms with van der Waals surface area (Å²) in [7, 11) is 0. The summed E-state index contributed by atoms with van der Waals surface area (Å²) in [6.45, 7) is 2.51.